The number of nitrogens with one attached hydrogen (secondary N) is 1. The summed E-state index contributed by atoms with van der Waals surface area (Å²) in [6, 6.07) is 7.75. The molecule has 21 heavy (non-hydrogen) atoms. The molecular formula is C15H12BrFN2OS. The minimum Gasteiger partial charge on any atom is -0.347 e. The van der Waals surface area contributed by atoms with Crippen molar-refractivity contribution in [2.24, 2.45) is 5.73 Å². The quantitative estimate of drug-likeness (QED) is 0.820. The molecule has 0 aliphatic heterocycles. The minimum atomic E-state index is -0.475. The Morgan fingerprint density at radius 3 is 2.86 bits per heavy atom. The number of hydrogen-bond acceptors (Lipinski definition) is 3. The topological polar surface area (TPSA) is 55.1 Å². The van der Waals surface area contributed by atoms with Crippen LogP contribution in [0, 0.1) is 17.7 Å². The predicted octanol–water partition coefficient (Wildman–Crippen LogP) is 2.89. The fraction of sp³-hybridized carbons (Fsp3) is 0.133. The average molecular weight is 367 g/mol. The zero-order valence-corrected chi connectivity index (χ0v) is 13.4. The molecule has 3 N–H and O–H groups in total. The van der Waals surface area contributed by atoms with Crippen molar-refractivity contribution in [3.8, 4) is 11.8 Å². The number of benzene rings is 1. The maximum Gasteiger partial charge on any atom is 0.252 e. The first-order valence-electron chi connectivity index (χ1n) is 6.11. The average Bonchev–Trinajstić information content (AvgIpc) is 2.89. The summed E-state index contributed by atoms with van der Waals surface area (Å²) in [5.74, 6) is 4.61. The third-order valence-corrected chi connectivity index (χ3v) is 4.23. The van der Waals surface area contributed by atoms with Crippen LogP contribution in [0.5, 0.6) is 0 Å². The van der Waals surface area contributed by atoms with E-state index in [9.17, 15) is 9.18 Å². The van der Waals surface area contributed by atoms with Gasteiger partial charge in [0.25, 0.3) is 5.91 Å². The van der Waals surface area contributed by atoms with E-state index in [1.165, 1.54) is 29.5 Å². The van der Waals surface area contributed by atoms with Gasteiger partial charge in [-0.3, -0.25) is 4.79 Å². The van der Waals surface area contributed by atoms with Crippen LogP contribution in [0.4, 0.5) is 4.39 Å². The van der Waals surface area contributed by atoms with E-state index in [-0.39, 0.29) is 18.0 Å². The molecular weight excluding hydrogens is 355 g/mol. The van der Waals surface area contributed by atoms with Crippen LogP contribution < -0.4 is 11.1 Å². The summed E-state index contributed by atoms with van der Waals surface area (Å²) in [7, 11) is 0. The Morgan fingerprint density at radius 1 is 1.38 bits per heavy atom. The normalized spacial score (nSPS) is 9.86. The molecule has 0 aliphatic carbocycles. The van der Waals surface area contributed by atoms with Gasteiger partial charge in [-0.1, -0.05) is 11.8 Å². The number of carbonyl (C=O) groups is 1. The van der Waals surface area contributed by atoms with E-state index in [2.05, 4.69) is 33.1 Å². The van der Waals surface area contributed by atoms with Gasteiger partial charge in [-0.25, -0.2) is 4.39 Å². The third kappa shape index (κ3) is 4.39. The zero-order valence-electron chi connectivity index (χ0n) is 11.0. The number of rotatable bonds is 3. The second kappa shape index (κ2) is 7.36. The molecule has 0 saturated carbocycles. The van der Waals surface area contributed by atoms with E-state index in [1.54, 1.807) is 0 Å². The van der Waals surface area contributed by atoms with Gasteiger partial charge < -0.3 is 11.1 Å². The molecule has 1 heterocycles. The van der Waals surface area contributed by atoms with Crippen LogP contribution in [0.3, 0.4) is 0 Å². The van der Waals surface area contributed by atoms with Crippen LogP contribution in [0.2, 0.25) is 0 Å². The van der Waals surface area contributed by atoms with E-state index in [4.69, 9.17) is 5.73 Å². The van der Waals surface area contributed by atoms with Crippen molar-refractivity contribution in [3.63, 3.8) is 0 Å². The van der Waals surface area contributed by atoms with Crippen LogP contribution in [0.1, 0.15) is 20.8 Å². The second-order valence-electron chi connectivity index (χ2n) is 4.08. The van der Waals surface area contributed by atoms with E-state index in [1.807, 2.05) is 12.1 Å². The maximum atomic E-state index is 13.3. The van der Waals surface area contributed by atoms with Crippen LogP contribution in [-0.2, 0) is 6.54 Å². The highest BCUT2D eigenvalue weighted by molar-refractivity contribution is 9.11. The molecule has 0 saturated heterocycles. The summed E-state index contributed by atoms with van der Waals surface area (Å²) in [5.41, 5.74) is 6.00. The Labute approximate surface area is 134 Å². The number of carbonyl (C=O) groups excluding carboxylic acids is 1. The van der Waals surface area contributed by atoms with Gasteiger partial charge in [0.15, 0.2) is 0 Å². The molecule has 0 unspecified atom stereocenters. The highest BCUT2D eigenvalue weighted by Gasteiger charge is 2.11. The van der Waals surface area contributed by atoms with Gasteiger partial charge in [0.05, 0.1) is 22.4 Å². The lowest BCUT2D eigenvalue weighted by Crippen LogP contribution is -2.23. The number of thiophene rings is 1. The van der Waals surface area contributed by atoms with Gasteiger partial charge in [0.1, 0.15) is 5.82 Å². The largest absolute Gasteiger partial charge is 0.347 e. The highest BCUT2D eigenvalue weighted by atomic mass is 79.9. The first-order chi connectivity index (χ1) is 10.1. The smallest absolute Gasteiger partial charge is 0.252 e. The van der Waals surface area contributed by atoms with Crippen molar-refractivity contribution < 1.29 is 9.18 Å². The summed E-state index contributed by atoms with van der Waals surface area (Å²) < 4.78 is 14.3. The molecule has 108 valence electrons. The molecule has 1 amide bonds. The van der Waals surface area contributed by atoms with E-state index < -0.39 is 5.82 Å². The van der Waals surface area contributed by atoms with Crippen molar-refractivity contribution >= 4 is 33.2 Å². The molecule has 0 radical (unpaired) electrons. The van der Waals surface area contributed by atoms with E-state index >= 15 is 0 Å². The molecule has 0 fully saturated rings. The van der Waals surface area contributed by atoms with Gasteiger partial charge in [-0.2, -0.15) is 0 Å². The zero-order chi connectivity index (χ0) is 15.2. The molecule has 3 nitrogen and oxygen atoms in total. The maximum absolute atomic E-state index is 13.3. The van der Waals surface area contributed by atoms with Gasteiger partial charge in [-0.15, -0.1) is 11.3 Å². The molecule has 6 heteroatoms. The van der Waals surface area contributed by atoms with Gasteiger partial charge >= 0.3 is 0 Å². The van der Waals surface area contributed by atoms with Crippen LogP contribution in [-0.4, -0.2) is 12.5 Å². The van der Waals surface area contributed by atoms with Crippen LogP contribution in [0.25, 0.3) is 0 Å². The van der Waals surface area contributed by atoms with Crippen molar-refractivity contribution in [1.29, 1.82) is 0 Å². The van der Waals surface area contributed by atoms with Crippen LogP contribution in [0.15, 0.2) is 34.1 Å². The van der Waals surface area contributed by atoms with Gasteiger partial charge in [-0.05, 0) is 46.3 Å². The monoisotopic (exact) mass is 366 g/mol. The summed E-state index contributed by atoms with van der Waals surface area (Å²) in [6.45, 7) is 0.566. The fourth-order valence-electron chi connectivity index (χ4n) is 1.67. The summed E-state index contributed by atoms with van der Waals surface area (Å²) >= 11 is 4.89. The Kier molecular flexibility index (Phi) is 5.51. The SMILES string of the molecule is NCC#Cc1ccc(F)cc1C(=O)NCc1ccc(Br)s1. The number of halogens is 2. The molecule has 0 atom stereocenters. The first kappa shape index (κ1) is 15.7. The molecule has 2 rings (SSSR count). The Morgan fingerprint density at radius 2 is 2.19 bits per heavy atom. The number of hydrogen-bond donors (Lipinski definition) is 2. The van der Waals surface area contributed by atoms with Gasteiger partial charge in [0.2, 0.25) is 0 Å². The lowest BCUT2D eigenvalue weighted by Gasteiger charge is -2.06. The molecule has 1 aromatic heterocycles. The summed E-state index contributed by atoms with van der Waals surface area (Å²) in [6.07, 6.45) is 0. The molecule has 0 aliphatic rings. The second-order valence-corrected chi connectivity index (χ2v) is 6.63. The Bertz CT molecular complexity index is 718. The standard InChI is InChI=1S/C15H12BrFN2OS/c16-14-6-5-12(21-14)9-19-15(20)13-8-11(17)4-3-10(13)2-1-7-18/h3-6,8H,7,9,18H2,(H,19,20). The molecule has 2 aromatic rings. The number of nitrogens with two attached hydrogens (primary N) is 1. The number of amides is 1. The highest BCUT2D eigenvalue weighted by Crippen LogP contribution is 2.22. The predicted molar refractivity (Wildman–Crippen MR) is 85.5 cm³/mol. The van der Waals surface area contributed by atoms with E-state index in [0.29, 0.717) is 12.1 Å². The molecule has 0 spiro atoms. The fourth-order valence-corrected chi connectivity index (χ4v) is 3.09. The Balaban J connectivity index is 2.15. The van der Waals surface area contributed by atoms with Crippen molar-refractivity contribution in [1.82, 2.24) is 5.32 Å². The van der Waals surface area contributed by atoms with Crippen molar-refractivity contribution in [2.45, 2.75) is 6.54 Å². The summed E-state index contributed by atoms with van der Waals surface area (Å²) in [4.78, 5) is 13.2. The molecule has 0 bridgehead atoms. The molecule has 1 aromatic carbocycles. The minimum absolute atomic E-state index is 0.182. The lowest BCUT2D eigenvalue weighted by atomic mass is 10.1. The van der Waals surface area contributed by atoms with Crippen molar-refractivity contribution in [2.75, 3.05) is 6.54 Å². The van der Waals surface area contributed by atoms with Gasteiger partial charge in [0, 0.05) is 10.4 Å². The lowest BCUT2D eigenvalue weighted by molar-refractivity contribution is 0.0950. The Hall–Kier alpha value is -1.68. The van der Waals surface area contributed by atoms with Crippen molar-refractivity contribution in [3.05, 3.63) is 55.9 Å². The van der Waals surface area contributed by atoms with E-state index in [0.717, 1.165) is 8.66 Å². The third-order valence-electron chi connectivity index (χ3n) is 2.60. The first-order valence-corrected chi connectivity index (χ1v) is 7.72. The summed E-state index contributed by atoms with van der Waals surface area (Å²) in [5, 5.41) is 2.76. The van der Waals surface area contributed by atoms with Crippen LogP contribution >= 0.6 is 27.3 Å².